The second-order valence-electron chi connectivity index (χ2n) is 6.98. The highest BCUT2D eigenvalue weighted by Gasteiger charge is 2.22. The number of carbonyl (C=O) groups is 2. The lowest BCUT2D eigenvalue weighted by Gasteiger charge is -2.14. The number of amides is 2. The summed E-state index contributed by atoms with van der Waals surface area (Å²) in [5.74, 6) is -0.455. The molecule has 4 aromatic rings. The highest BCUT2D eigenvalue weighted by atomic mass is 32.1. The Kier molecular flexibility index (Phi) is 5.54. The van der Waals surface area contributed by atoms with Gasteiger partial charge >= 0.3 is 0 Å². The van der Waals surface area contributed by atoms with Crippen LogP contribution in [-0.2, 0) is 0 Å². The topological polar surface area (TPSA) is 129 Å². The number of primary amides is 1. The maximum absolute atomic E-state index is 13.0. The zero-order valence-corrected chi connectivity index (χ0v) is 17.6. The number of benzene rings is 1. The average molecular weight is 433 g/mol. The third-order valence-electron chi connectivity index (χ3n) is 4.61. The van der Waals surface area contributed by atoms with Crippen LogP contribution in [-0.4, -0.2) is 36.5 Å². The van der Waals surface area contributed by atoms with Crippen LogP contribution in [0.25, 0.3) is 22.8 Å². The Morgan fingerprint density at radius 3 is 2.55 bits per heavy atom. The van der Waals surface area contributed by atoms with Crippen molar-refractivity contribution in [2.75, 3.05) is 5.32 Å². The molecule has 0 spiro atoms. The van der Waals surface area contributed by atoms with Crippen LogP contribution in [0.2, 0.25) is 0 Å². The minimum absolute atomic E-state index is 0.133. The summed E-state index contributed by atoms with van der Waals surface area (Å²) in [5.41, 5.74) is 9.07. The molecule has 10 heteroatoms. The van der Waals surface area contributed by atoms with Crippen LogP contribution >= 0.6 is 11.3 Å². The van der Waals surface area contributed by atoms with E-state index >= 15 is 0 Å². The Hall–Kier alpha value is -3.92. The van der Waals surface area contributed by atoms with E-state index in [9.17, 15) is 9.59 Å². The van der Waals surface area contributed by atoms with Crippen molar-refractivity contribution in [2.24, 2.45) is 5.73 Å². The summed E-state index contributed by atoms with van der Waals surface area (Å²) in [5, 5.41) is 11.5. The molecule has 0 aliphatic carbocycles. The summed E-state index contributed by atoms with van der Waals surface area (Å²) in [6.45, 7) is 4.03. The van der Waals surface area contributed by atoms with Gasteiger partial charge in [-0.25, -0.2) is 4.98 Å². The van der Waals surface area contributed by atoms with Crippen molar-refractivity contribution >= 4 is 28.2 Å². The van der Waals surface area contributed by atoms with Gasteiger partial charge in [-0.1, -0.05) is 12.1 Å². The van der Waals surface area contributed by atoms with Crippen molar-refractivity contribution in [1.82, 2.24) is 24.7 Å². The molecule has 0 aliphatic heterocycles. The molecule has 31 heavy (non-hydrogen) atoms. The number of nitrogens with two attached hydrogens (primary N) is 1. The third-order valence-corrected chi connectivity index (χ3v) is 5.30. The van der Waals surface area contributed by atoms with Gasteiger partial charge in [-0.3, -0.25) is 14.6 Å². The molecule has 0 atom stereocenters. The SMILES string of the molecule is CC(C)n1cnnc1-c1cccc(-c2c(C(N)=O)cccc2C(=O)Nc2cncs2)n1. The molecule has 0 aliphatic rings. The van der Waals surface area contributed by atoms with Gasteiger partial charge in [0.2, 0.25) is 5.91 Å². The minimum atomic E-state index is -0.653. The number of nitrogens with one attached hydrogen (secondary N) is 1. The fourth-order valence-electron chi connectivity index (χ4n) is 3.18. The quantitative estimate of drug-likeness (QED) is 0.479. The Morgan fingerprint density at radius 1 is 1.10 bits per heavy atom. The second kappa shape index (κ2) is 8.44. The van der Waals surface area contributed by atoms with Crippen molar-refractivity contribution in [3.63, 3.8) is 0 Å². The number of aromatic nitrogens is 5. The van der Waals surface area contributed by atoms with Crippen molar-refractivity contribution in [1.29, 1.82) is 0 Å². The molecule has 0 saturated carbocycles. The van der Waals surface area contributed by atoms with Crippen LogP contribution in [0.4, 0.5) is 5.00 Å². The van der Waals surface area contributed by atoms with Crippen LogP contribution in [0.3, 0.4) is 0 Å². The van der Waals surface area contributed by atoms with Gasteiger partial charge in [0.15, 0.2) is 5.82 Å². The van der Waals surface area contributed by atoms with Crippen LogP contribution in [0.1, 0.15) is 40.6 Å². The third kappa shape index (κ3) is 4.05. The first kappa shape index (κ1) is 20.4. The second-order valence-corrected chi connectivity index (χ2v) is 7.86. The molecule has 9 nitrogen and oxygen atoms in total. The summed E-state index contributed by atoms with van der Waals surface area (Å²) in [4.78, 5) is 33.8. The summed E-state index contributed by atoms with van der Waals surface area (Å²) >= 11 is 1.29. The van der Waals surface area contributed by atoms with E-state index < -0.39 is 5.91 Å². The lowest BCUT2D eigenvalue weighted by atomic mass is 9.96. The molecule has 3 heterocycles. The first-order valence-corrected chi connectivity index (χ1v) is 10.3. The van der Waals surface area contributed by atoms with Gasteiger partial charge in [0.05, 0.1) is 17.4 Å². The molecule has 0 saturated heterocycles. The molecular formula is C21H19N7O2S. The maximum Gasteiger partial charge on any atom is 0.257 e. The molecule has 0 fully saturated rings. The van der Waals surface area contributed by atoms with Crippen molar-refractivity contribution in [2.45, 2.75) is 19.9 Å². The highest BCUT2D eigenvalue weighted by Crippen LogP contribution is 2.30. The number of anilines is 1. The molecule has 1 aromatic carbocycles. The molecule has 0 radical (unpaired) electrons. The zero-order chi connectivity index (χ0) is 22.0. The van der Waals surface area contributed by atoms with E-state index in [1.54, 1.807) is 54.4 Å². The predicted octanol–water partition coefficient (Wildman–Crippen LogP) is 3.40. The van der Waals surface area contributed by atoms with E-state index in [1.165, 1.54) is 11.3 Å². The van der Waals surface area contributed by atoms with Gasteiger partial charge in [0, 0.05) is 22.7 Å². The lowest BCUT2D eigenvalue weighted by molar-refractivity contribution is 0.100. The fourth-order valence-corrected chi connectivity index (χ4v) is 3.69. The van der Waals surface area contributed by atoms with Crippen LogP contribution in [0.5, 0.6) is 0 Å². The number of nitrogens with zero attached hydrogens (tertiary/aromatic N) is 5. The fraction of sp³-hybridized carbons (Fsp3) is 0.143. The van der Waals surface area contributed by atoms with Gasteiger partial charge < -0.3 is 15.6 Å². The molecule has 0 unspecified atom stereocenters. The normalized spacial score (nSPS) is 10.9. The predicted molar refractivity (Wildman–Crippen MR) is 118 cm³/mol. The summed E-state index contributed by atoms with van der Waals surface area (Å²) < 4.78 is 1.89. The lowest BCUT2D eigenvalue weighted by Crippen LogP contribution is -2.18. The van der Waals surface area contributed by atoms with Gasteiger partial charge in [0.1, 0.15) is 17.0 Å². The number of thiazole rings is 1. The smallest absolute Gasteiger partial charge is 0.257 e. The highest BCUT2D eigenvalue weighted by molar-refractivity contribution is 7.14. The van der Waals surface area contributed by atoms with Crippen LogP contribution in [0.15, 0.2) is 54.4 Å². The number of hydrogen-bond donors (Lipinski definition) is 2. The van der Waals surface area contributed by atoms with E-state index in [4.69, 9.17) is 10.7 Å². The number of rotatable bonds is 6. The summed E-state index contributed by atoms with van der Waals surface area (Å²) in [6.07, 6.45) is 3.19. The van der Waals surface area contributed by atoms with E-state index in [0.717, 1.165) is 0 Å². The molecule has 0 bridgehead atoms. The monoisotopic (exact) mass is 433 g/mol. The molecule has 3 N–H and O–H groups in total. The van der Waals surface area contributed by atoms with Gasteiger partial charge in [-0.2, -0.15) is 0 Å². The first-order chi connectivity index (χ1) is 15.0. The van der Waals surface area contributed by atoms with E-state index in [0.29, 0.717) is 27.8 Å². The van der Waals surface area contributed by atoms with E-state index in [2.05, 4.69) is 20.5 Å². The molecule has 2 amide bonds. The van der Waals surface area contributed by atoms with E-state index in [-0.39, 0.29) is 23.1 Å². The summed E-state index contributed by atoms with van der Waals surface area (Å²) in [6, 6.07) is 10.3. The molecule has 156 valence electrons. The van der Waals surface area contributed by atoms with Crippen LogP contribution < -0.4 is 11.1 Å². The molecular weight excluding hydrogens is 414 g/mol. The number of hydrogen-bond acceptors (Lipinski definition) is 7. The van der Waals surface area contributed by atoms with Crippen molar-refractivity contribution < 1.29 is 9.59 Å². The Morgan fingerprint density at radius 2 is 1.84 bits per heavy atom. The molecule has 3 aromatic heterocycles. The van der Waals surface area contributed by atoms with Gasteiger partial charge in [-0.15, -0.1) is 21.5 Å². The largest absolute Gasteiger partial charge is 0.366 e. The van der Waals surface area contributed by atoms with Crippen molar-refractivity contribution in [3.8, 4) is 22.8 Å². The first-order valence-electron chi connectivity index (χ1n) is 9.45. The zero-order valence-electron chi connectivity index (χ0n) is 16.8. The maximum atomic E-state index is 13.0. The summed E-state index contributed by atoms with van der Waals surface area (Å²) in [7, 11) is 0. The van der Waals surface area contributed by atoms with Crippen molar-refractivity contribution in [3.05, 3.63) is 65.6 Å². The molecule has 4 rings (SSSR count). The number of carbonyl (C=O) groups excluding carboxylic acids is 2. The Labute approximate surface area is 182 Å². The van der Waals surface area contributed by atoms with Gasteiger partial charge in [0.25, 0.3) is 5.91 Å². The van der Waals surface area contributed by atoms with Crippen LogP contribution in [0, 0.1) is 0 Å². The standard InChI is InChI=1S/C21H19N7O2S/c1-12(2)28-10-24-27-20(28)16-8-4-7-15(25-16)18-13(19(22)29)5-3-6-14(18)21(30)26-17-9-23-11-31-17/h3-12H,1-2H3,(H2,22,29)(H,26,30). The average Bonchev–Trinajstić information content (AvgIpc) is 3.45. The Bertz CT molecular complexity index is 1250. The number of pyridine rings is 1. The Balaban J connectivity index is 1.84. The van der Waals surface area contributed by atoms with Gasteiger partial charge in [-0.05, 0) is 38.1 Å². The minimum Gasteiger partial charge on any atom is -0.366 e. The van der Waals surface area contributed by atoms with E-state index in [1.807, 2.05) is 18.4 Å².